The van der Waals surface area contributed by atoms with Gasteiger partial charge in [-0.3, -0.25) is 9.59 Å². The summed E-state index contributed by atoms with van der Waals surface area (Å²) in [5.41, 5.74) is 2.92. The van der Waals surface area contributed by atoms with E-state index in [9.17, 15) is 9.59 Å². The van der Waals surface area contributed by atoms with E-state index >= 15 is 0 Å². The number of likely N-dealkylation sites (N-methyl/N-ethyl adjacent to an activating group) is 1. The summed E-state index contributed by atoms with van der Waals surface area (Å²) in [6.45, 7) is 1.82. The maximum absolute atomic E-state index is 12.9. The summed E-state index contributed by atoms with van der Waals surface area (Å²) in [4.78, 5) is 26.2. The van der Waals surface area contributed by atoms with Crippen LogP contribution in [-0.4, -0.2) is 45.6 Å². The van der Waals surface area contributed by atoms with Gasteiger partial charge in [-0.25, -0.2) is 5.01 Å². The van der Waals surface area contributed by atoms with E-state index < -0.39 is 0 Å². The van der Waals surface area contributed by atoms with Gasteiger partial charge in [-0.15, -0.1) is 0 Å². The fourth-order valence-corrected chi connectivity index (χ4v) is 3.22. The Morgan fingerprint density at radius 2 is 1.92 bits per heavy atom. The fraction of sp³-hybridized carbons (Fsp3) is 0.350. The lowest BCUT2D eigenvalue weighted by molar-refractivity contribution is -0.140. The minimum absolute atomic E-state index is 0.0277. The topological polar surface area (TPSA) is 57.9 Å². The first-order chi connectivity index (χ1) is 12.5. The number of aryl methyl sites for hydroxylation is 1. The third kappa shape index (κ3) is 3.54. The lowest BCUT2D eigenvalue weighted by Gasteiger charge is -2.24. The molecular formula is C20H24N4O2. The molecule has 1 aromatic carbocycles. The number of carbonyl (C=O) groups is 2. The van der Waals surface area contributed by atoms with Crippen LogP contribution in [0, 0.1) is 0 Å². The molecule has 0 radical (unpaired) electrons. The molecule has 2 aromatic rings. The summed E-state index contributed by atoms with van der Waals surface area (Å²) in [5, 5.41) is 6.17. The molecule has 0 unspecified atom stereocenters. The summed E-state index contributed by atoms with van der Waals surface area (Å²) in [6.07, 6.45) is 3.00. The lowest BCUT2D eigenvalue weighted by atomic mass is 10.0. The van der Waals surface area contributed by atoms with E-state index in [0.29, 0.717) is 12.8 Å². The van der Waals surface area contributed by atoms with Crippen LogP contribution in [0.2, 0.25) is 0 Å². The maximum Gasteiger partial charge on any atom is 0.262 e. The van der Waals surface area contributed by atoms with Crippen molar-refractivity contribution < 1.29 is 9.59 Å². The Morgan fingerprint density at radius 3 is 2.54 bits per heavy atom. The normalized spacial score (nSPS) is 16.5. The maximum atomic E-state index is 12.9. The second kappa shape index (κ2) is 7.56. The van der Waals surface area contributed by atoms with E-state index in [-0.39, 0.29) is 24.4 Å². The van der Waals surface area contributed by atoms with Crippen molar-refractivity contribution in [2.45, 2.75) is 25.8 Å². The molecule has 1 atom stereocenters. The summed E-state index contributed by atoms with van der Waals surface area (Å²) in [6, 6.07) is 13.7. The van der Waals surface area contributed by atoms with E-state index in [1.54, 1.807) is 14.0 Å². The Labute approximate surface area is 153 Å². The molecule has 3 rings (SSSR count). The molecule has 0 aliphatic carbocycles. The van der Waals surface area contributed by atoms with Crippen LogP contribution in [0.3, 0.4) is 0 Å². The minimum atomic E-state index is -0.174. The molecule has 6 heteroatoms. The van der Waals surface area contributed by atoms with Gasteiger partial charge in [0.2, 0.25) is 5.91 Å². The quantitative estimate of drug-likeness (QED) is 0.830. The van der Waals surface area contributed by atoms with Crippen LogP contribution in [0.4, 0.5) is 0 Å². The van der Waals surface area contributed by atoms with Gasteiger partial charge < -0.3 is 9.47 Å². The van der Waals surface area contributed by atoms with Gasteiger partial charge in [0.05, 0.1) is 17.4 Å². The van der Waals surface area contributed by atoms with Crippen molar-refractivity contribution in [3.63, 3.8) is 0 Å². The highest BCUT2D eigenvalue weighted by Crippen LogP contribution is 2.32. The number of rotatable bonds is 5. The highest BCUT2D eigenvalue weighted by Gasteiger charge is 2.34. The van der Waals surface area contributed by atoms with Gasteiger partial charge >= 0.3 is 0 Å². The van der Waals surface area contributed by atoms with Crippen molar-refractivity contribution >= 4 is 17.5 Å². The number of aromatic nitrogens is 1. The first-order valence-electron chi connectivity index (χ1n) is 8.81. The van der Waals surface area contributed by atoms with Crippen LogP contribution in [0.1, 0.15) is 37.1 Å². The third-order valence-corrected chi connectivity index (χ3v) is 4.69. The Balaban J connectivity index is 1.89. The van der Waals surface area contributed by atoms with Gasteiger partial charge in [-0.05, 0) is 17.7 Å². The standard InChI is InChI=1S/C20H24N4O2/c1-4-19(25)23(3)14-20(26)24-18(15-9-6-5-7-10-15)13-16(21-24)17-11-8-12-22(17)2/h5-12,18H,4,13-14H2,1-3H3/t18-/m0/s1. The van der Waals surface area contributed by atoms with Crippen molar-refractivity contribution in [1.82, 2.24) is 14.5 Å². The molecule has 26 heavy (non-hydrogen) atoms. The van der Waals surface area contributed by atoms with Gasteiger partial charge in [0.25, 0.3) is 5.91 Å². The van der Waals surface area contributed by atoms with Crippen LogP contribution in [-0.2, 0) is 16.6 Å². The van der Waals surface area contributed by atoms with Crippen LogP contribution >= 0.6 is 0 Å². The van der Waals surface area contributed by atoms with Gasteiger partial charge in [0.1, 0.15) is 6.54 Å². The molecule has 1 aromatic heterocycles. The van der Waals surface area contributed by atoms with Crippen molar-refractivity contribution in [2.24, 2.45) is 12.1 Å². The molecule has 2 amide bonds. The number of amides is 2. The summed E-state index contributed by atoms with van der Waals surface area (Å²) in [5.74, 6) is -0.229. The average molecular weight is 352 g/mol. The zero-order valence-electron chi connectivity index (χ0n) is 15.4. The smallest absolute Gasteiger partial charge is 0.262 e. The van der Waals surface area contributed by atoms with Gasteiger partial charge in [0.15, 0.2) is 0 Å². The summed E-state index contributed by atoms with van der Waals surface area (Å²) >= 11 is 0. The van der Waals surface area contributed by atoms with Crippen molar-refractivity contribution in [3.8, 4) is 0 Å². The minimum Gasteiger partial charge on any atom is -0.350 e. The Bertz CT molecular complexity index is 825. The zero-order valence-corrected chi connectivity index (χ0v) is 15.4. The molecular weight excluding hydrogens is 328 g/mol. The van der Waals surface area contributed by atoms with E-state index in [4.69, 9.17) is 0 Å². The van der Waals surface area contributed by atoms with Gasteiger partial charge in [-0.2, -0.15) is 5.10 Å². The Morgan fingerprint density at radius 1 is 1.19 bits per heavy atom. The predicted molar refractivity (Wildman–Crippen MR) is 101 cm³/mol. The Hall–Kier alpha value is -2.89. The molecule has 2 heterocycles. The van der Waals surface area contributed by atoms with E-state index in [0.717, 1.165) is 17.0 Å². The van der Waals surface area contributed by atoms with Crippen molar-refractivity contribution in [2.75, 3.05) is 13.6 Å². The summed E-state index contributed by atoms with van der Waals surface area (Å²) < 4.78 is 2.00. The average Bonchev–Trinajstić information content (AvgIpc) is 3.27. The van der Waals surface area contributed by atoms with Crippen LogP contribution < -0.4 is 0 Å². The molecule has 0 spiro atoms. The molecule has 0 saturated heterocycles. The number of hydrogen-bond donors (Lipinski definition) is 0. The van der Waals surface area contributed by atoms with Crippen molar-refractivity contribution in [1.29, 1.82) is 0 Å². The molecule has 1 aliphatic rings. The highest BCUT2D eigenvalue weighted by molar-refractivity contribution is 6.02. The zero-order chi connectivity index (χ0) is 18.7. The van der Waals surface area contributed by atoms with Crippen molar-refractivity contribution in [3.05, 3.63) is 59.9 Å². The first-order valence-corrected chi connectivity index (χ1v) is 8.81. The van der Waals surface area contributed by atoms with E-state index in [1.165, 1.54) is 9.91 Å². The summed E-state index contributed by atoms with van der Waals surface area (Å²) in [7, 11) is 3.62. The molecule has 0 N–H and O–H groups in total. The monoisotopic (exact) mass is 352 g/mol. The molecule has 1 aliphatic heterocycles. The number of carbonyl (C=O) groups excluding carboxylic acids is 2. The van der Waals surface area contributed by atoms with Gasteiger partial charge in [0, 0.05) is 33.1 Å². The molecule has 136 valence electrons. The largest absolute Gasteiger partial charge is 0.350 e. The van der Waals surface area contributed by atoms with E-state index in [2.05, 4.69) is 5.10 Å². The second-order valence-corrected chi connectivity index (χ2v) is 6.52. The van der Waals surface area contributed by atoms with Gasteiger partial charge in [-0.1, -0.05) is 37.3 Å². The molecule has 0 saturated carbocycles. The van der Waals surface area contributed by atoms with Crippen LogP contribution in [0.5, 0.6) is 0 Å². The number of hydrazone groups is 1. The first kappa shape index (κ1) is 17.9. The van der Waals surface area contributed by atoms with Crippen LogP contribution in [0.25, 0.3) is 0 Å². The van der Waals surface area contributed by atoms with E-state index in [1.807, 2.05) is 60.3 Å². The third-order valence-electron chi connectivity index (χ3n) is 4.69. The number of hydrogen-bond acceptors (Lipinski definition) is 3. The predicted octanol–water partition coefficient (Wildman–Crippen LogP) is 2.57. The highest BCUT2D eigenvalue weighted by atomic mass is 16.2. The number of nitrogens with zero attached hydrogens (tertiary/aromatic N) is 4. The molecule has 0 bridgehead atoms. The SMILES string of the molecule is CCC(=O)N(C)CC(=O)N1N=C(c2cccn2C)C[C@H]1c1ccccc1. The fourth-order valence-electron chi connectivity index (χ4n) is 3.22. The Kier molecular flexibility index (Phi) is 5.21. The molecule has 6 nitrogen and oxygen atoms in total. The lowest BCUT2D eigenvalue weighted by Crippen LogP contribution is -2.38. The number of benzene rings is 1. The molecule has 0 fully saturated rings. The second-order valence-electron chi connectivity index (χ2n) is 6.52. The van der Waals surface area contributed by atoms with Crippen LogP contribution in [0.15, 0.2) is 53.8 Å².